The molecule has 2 rings (SSSR count). The van der Waals surface area contributed by atoms with Crippen LogP contribution in [-0.4, -0.2) is 21.1 Å². The van der Waals surface area contributed by atoms with E-state index in [1.807, 2.05) is 18.2 Å². The molecule has 0 spiro atoms. The van der Waals surface area contributed by atoms with Crippen LogP contribution in [-0.2, 0) is 17.6 Å². The normalized spacial score (nSPS) is 9.95. The van der Waals surface area contributed by atoms with Crippen molar-refractivity contribution in [2.24, 2.45) is 0 Å². The maximum atomic E-state index is 11.9. The second-order valence-electron chi connectivity index (χ2n) is 4.82. The molecule has 0 aliphatic carbocycles. The highest BCUT2D eigenvalue weighted by atomic mass is 16.1. The van der Waals surface area contributed by atoms with Crippen molar-refractivity contribution in [3.05, 3.63) is 47.9 Å². The Bertz CT molecular complexity index is 634. The van der Waals surface area contributed by atoms with E-state index >= 15 is 0 Å². The Labute approximate surface area is 129 Å². The van der Waals surface area contributed by atoms with Crippen molar-refractivity contribution in [1.82, 2.24) is 15.2 Å². The van der Waals surface area contributed by atoms with Gasteiger partial charge in [0.2, 0.25) is 5.91 Å². The molecule has 6 heteroatoms. The zero-order chi connectivity index (χ0) is 15.6. The number of carbonyl (C=O) groups excluding carboxylic acids is 1. The number of aryl methyl sites for hydroxylation is 1. The van der Waals surface area contributed by atoms with Gasteiger partial charge in [-0.2, -0.15) is 10.4 Å². The molecule has 0 unspecified atom stereocenters. The van der Waals surface area contributed by atoms with Crippen LogP contribution in [0.15, 0.2) is 36.5 Å². The number of pyridine rings is 1. The average Bonchev–Trinajstić information content (AvgIpc) is 2.54. The first-order chi connectivity index (χ1) is 10.8. The number of nitrogens with zero attached hydrogens (tertiary/aromatic N) is 4. The van der Waals surface area contributed by atoms with Crippen molar-refractivity contribution in [1.29, 1.82) is 5.26 Å². The first kappa shape index (κ1) is 15.6. The number of hydrogen-bond acceptors (Lipinski definition) is 5. The molecule has 2 heterocycles. The number of rotatable bonds is 7. The zero-order valence-corrected chi connectivity index (χ0v) is 12.2. The van der Waals surface area contributed by atoms with Gasteiger partial charge in [0.1, 0.15) is 0 Å². The van der Waals surface area contributed by atoms with Crippen LogP contribution in [0.1, 0.15) is 30.7 Å². The van der Waals surface area contributed by atoms with E-state index in [2.05, 4.69) is 26.6 Å². The number of amides is 1. The van der Waals surface area contributed by atoms with E-state index in [1.54, 1.807) is 18.3 Å². The predicted octanol–water partition coefficient (Wildman–Crippen LogP) is 2.29. The molecule has 1 N–H and O–H groups in total. The molecule has 0 saturated heterocycles. The lowest BCUT2D eigenvalue weighted by Crippen LogP contribution is -2.16. The van der Waals surface area contributed by atoms with Crippen LogP contribution in [0.3, 0.4) is 0 Å². The van der Waals surface area contributed by atoms with Crippen LogP contribution in [0.4, 0.5) is 5.82 Å². The smallest absolute Gasteiger partial charge is 0.231 e. The fourth-order valence-corrected chi connectivity index (χ4v) is 1.92. The summed E-state index contributed by atoms with van der Waals surface area (Å²) in [4.78, 5) is 16.0. The molecule has 2 aromatic heterocycles. The van der Waals surface area contributed by atoms with Crippen molar-refractivity contribution in [3.8, 4) is 6.07 Å². The molecule has 0 aromatic carbocycles. The van der Waals surface area contributed by atoms with E-state index in [-0.39, 0.29) is 12.3 Å². The highest BCUT2D eigenvalue weighted by molar-refractivity contribution is 5.90. The van der Waals surface area contributed by atoms with E-state index in [9.17, 15) is 4.79 Å². The summed E-state index contributed by atoms with van der Waals surface area (Å²) in [6.45, 7) is 0. The molecule has 22 heavy (non-hydrogen) atoms. The number of carbonyl (C=O) groups is 1. The van der Waals surface area contributed by atoms with Crippen molar-refractivity contribution >= 4 is 11.7 Å². The van der Waals surface area contributed by atoms with Crippen LogP contribution in [0.5, 0.6) is 0 Å². The lowest BCUT2D eigenvalue weighted by Gasteiger charge is -2.04. The van der Waals surface area contributed by atoms with E-state index < -0.39 is 0 Å². The number of nitrogens with one attached hydrogen (secondary N) is 1. The first-order valence-corrected chi connectivity index (χ1v) is 7.17. The molecule has 2 aromatic rings. The van der Waals surface area contributed by atoms with Gasteiger partial charge in [0.05, 0.1) is 18.2 Å². The van der Waals surface area contributed by atoms with Gasteiger partial charge < -0.3 is 5.32 Å². The Hall–Kier alpha value is -2.81. The maximum absolute atomic E-state index is 11.9. The Balaban J connectivity index is 1.81. The molecule has 0 aliphatic rings. The van der Waals surface area contributed by atoms with E-state index in [0.29, 0.717) is 17.9 Å². The number of anilines is 1. The first-order valence-electron chi connectivity index (χ1n) is 7.17. The number of aromatic nitrogens is 3. The molecule has 0 atom stereocenters. The quantitative estimate of drug-likeness (QED) is 0.791. The molecule has 0 saturated carbocycles. The van der Waals surface area contributed by atoms with Gasteiger partial charge in [0.25, 0.3) is 0 Å². The summed E-state index contributed by atoms with van der Waals surface area (Å²) in [5, 5.41) is 19.2. The predicted molar refractivity (Wildman–Crippen MR) is 81.8 cm³/mol. The molecule has 112 valence electrons. The van der Waals surface area contributed by atoms with Crippen LogP contribution >= 0.6 is 0 Å². The number of unbranched alkanes of at least 4 members (excludes halogenated alkanes) is 2. The lowest BCUT2D eigenvalue weighted by atomic mass is 10.1. The minimum Gasteiger partial charge on any atom is -0.309 e. The summed E-state index contributed by atoms with van der Waals surface area (Å²) in [6.07, 6.45) is 4.99. The molecule has 0 bridgehead atoms. The van der Waals surface area contributed by atoms with Gasteiger partial charge in [-0.15, -0.1) is 5.10 Å². The maximum Gasteiger partial charge on any atom is 0.231 e. The third-order valence-electron chi connectivity index (χ3n) is 3.03. The Morgan fingerprint density at radius 2 is 2.05 bits per heavy atom. The topological polar surface area (TPSA) is 91.6 Å². The second kappa shape index (κ2) is 8.47. The molecule has 0 fully saturated rings. The molecule has 0 aliphatic heterocycles. The standard InChI is InChI=1S/C16H17N5O/c17-10-4-1-2-6-13-8-9-15(21-20-13)19-16(22)12-14-7-3-5-11-18-14/h3,5,7-9,11H,1-2,4,6,12H2,(H,19,21,22). The zero-order valence-electron chi connectivity index (χ0n) is 12.2. The highest BCUT2D eigenvalue weighted by Crippen LogP contribution is 2.07. The third kappa shape index (κ3) is 5.29. The van der Waals surface area contributed by atoms with Crippen molar-refractivity contribution in [2.75, 3.05) is 5.32 Å². The van der Waals surface area contributed by atoms with Gasteiger partial charge in [-0.1, -0.05) is 6.07 Å². The summed E-state index contributed by atoms with van der Waals surface area (Å²) in [5.74, 6) is 0.261. The SMILES string of the molecule is N#CCCCCc1ccc(NC(=O)Cc2ccccn2)nn1. The number of nitriles is 1. The summed E-state index contributed by atoms with van der Waals surface area (Å²) in [7, 11) is 0. The minimum atomic E-state index is -0.172. The highest BCUT2D eigenvalue weighted by Gasteiger charge is 2.06. The van der Waals surface area contributed by atoms with Crippen LogP contribution in [0.25, 0.3) is 0 Å². The Morgan fingerprint density at radius 3 is 2.73 bits per heavy atom. The van der Waals surface area contributed by atoms with Gasteiger partial charge in [-0.25, -0.2) is 0 Å². The minimum absolute atomic E-state index is 0.172. The molecular formula is C16H17N5O. The van der Waals surface area contributed by atoms with Crippen LogP contribution in [0, 0.1) is 11.3 Å². The van der Waals surface area contributed by atoms with Gasteiger partial charge in [-0.3, -0.25) is 9.78 Å². The number of hydrogen-bond donors (Lipinski definition) is 1. The Kier molecular flexibility index (Phi) is 6.00. The molecule has 0 radical (unpaired) electrons. The molecular weight excluding hydrogens is 278 g/mol. The summed E-state index contributed by atoms with van der Waals surface area (Å²) >= 11 is 0. The lowest BCUT2D eigenvalue weighted by molar-refractivity contribution is -0.115. The average molecular weight is 295 g/mol. The monoisotopic (exact) mass is 295 g/mol. The van der Waals surface area contributed by atoms with Gasteiger partial charge in [0.15, 0.2) is 5.82 Å². The fourth-order valence-electron chi connectivity index (χ4n) is 1.92. The van der Waals surface area contributed by atoms with E-state index in [1.165, 1.54) is 0 Å². The van der Waals surface area contributed by atoms with Gasteiger partial charge in [-0.05, 0) is 43.5 Å². The van der Waals surface area contributed by atoms with Crippen molar-refractivity contribution in [2.45, 2.75) is 32.1 Å². The third-order valence-corrected chi connectivity index (χ3v) is 3.03. The molecule has 6 nitrogen and oxygen atoms in total. The van der Waals surface area contributed by atoms with E-state index in [4.69, 9.17) is 5.26 Å². The molecule has 1 amide bonds. The Morgan fingerprint density at radius 1 is 1.14 bits per heavy atom. The second-order valence-corrected chi connectivity index (χ2v) is 4.82. The van der Waals surface area contributed by atoms with Crippen molar-refractivity contribution < 1.29 is 4.79 Å². The van der Waals surface area contributed by atoms with Gasteiger partial charge >= 0.3 is 0 Å². The van der Waals surface area contributed by atoms with Crippen LogP contribution < -0.4 is 5.32 Å². The fraction of sp³-hybridized carbons (Fsp3) is 0.312. The van der Waals surface area contributed by atoms with Crippen LogP contribution in [0.2, 0.25) is 0 Å². The van der Waals surface area contributed by atoms with Gasteiger partial charge in [0, 0.05) is 18.3 Å². The summed E-state index contributed by atoms with van der Waals surface area (Å²) in [6, 6.07) is 11.2. The summed E-state index contributed by atoms with van der Waals surface area (Å²) in [5.41, 5.74) is 1.57. The largest absolute Gasteiger partial charge is 0.309 e. The van der Waals surface area contributed by atoms with Crippen molar-refractivity contribution in [3.63, 3.8) is 0 Å². The van der Waals surface area contributed by atoms with E-state index in [0.717, 1.165) is 25.0 Å². The summed E-state index contributed by atoms with van der Waals surface area (Å²) < 4.78 is 0.